The fourth-order valence-electron chi connectivity index (χ4n) is 3.42. The molecular formula is C19H21BrClF3N4O. The van der Waals surface area contributed by atoms with Crippen molar-refractivity contribution < 1.29 is 18.0 Å². The minimum absolute atomic E-state index is 0.130. The van der Waals surface area contributed by atoms with Crippen LogP contribution >= 0.6 is 27.5 Å². The van der Waals surface area contributed by atoms with Crippen LogP contribution in [0.25, 0.3) is 0 Å². The monoisotopic (exact) mass is 492 g/mol. The molecule has 0 aliphatic carbocycles. The lowest BCUT2D eigenvalue weighted by atomic mass is 10.2. The standard InChI is InChI=1S/C19H21BrClF3N4O/c1-12-16(20)17(19(22,23)24)25-28(12)13(2)18(29)27-9-7-26(8-10-27)11-14-5-3-4-6-15(14)21/h3-6,13H,7-11H2,1-2H3. The summed E-state index contributed by atoms with van der Waals surface area (Å²) >= 11 is 9.16. The zero-order chi connectivity index (χ0) is 21.3. The van der Waals surface area contributed by atoms with Gasteiger partial charge in [0, 0.05) is 37.7 Å². The predicted molar refractivity (Wildman–Crippen MR) is 108 cm³/mol. The SMILES string of the molecule is Cc1c(Br)c(C(F)(F)F)nn1C(C)C(=O)N1CCN(Cc2ccccc2Cl)CC1. The summed E-state index contributed by atoms with van der Waals surface area (Å²) in [6.07, 6.45) is -4.58. The zero-order valence-corrected chi connectivity index (χ0v) is 18.4. The molecule has 3 rings (SSSR count). The molecule has 0 saturated carbocycles. The van der Waals surface area contributed by atoms with Crippen LogP contribution in [0.4, 0.5) is 13.2 Å². The van der Waals surface area contributed by atoms with Crippen LogP contribution in [0.1, 0.15) is 29.9 Å². The van der Waals surface area contributed by atoms with Crippen LogP contribution < -0.4 is 0 Å². The van der Waals surface area contributed by atoms with Gasteiger partial charge in [-0.15, -0.1) is 0 Å². The number of halogens is 5. The van der Waals surface area contributed by atoms with Gasteiger partial charge in [-0.25, -0.2) is 0 Å². The van der Waals surface area contributed by atoms with E-state index in [-0.39, 0.29) is 16.1 Å². The summed E-state index contributed by atoms with van der Waals surface area (Å²) < 4.78 is 40.3. The van der Waals surface area contributed by atoms with Gasteiger partial charge in [-0.3, -0.25) is 14.4 Å². The van der Waals surface area contributed by atoms with Crippen molar-refractivity contribution in [2.45, 2.75) is 32.6 Å². The van der Waals surface area contributed by atoms with Crippen LogP contribution in [0.3, 0.4) is 0 Å². The molecule has 29 heavy (non-hydrogen) atoms. The molecule has 1 aromatic heterocycles. The molecule has 1 aliphatic heterocycles. The molecule has 0 N–H and O–H groups in total. The average molecular weight is 494 g/mol. The average Bonchev–Trinajstić information content (AvgIpc) is 2.98. The van der Waals surface area contributed by atoms with E-state index in [1.54, 1.807) is 11.8 Å². The van der Waals surface area contributed by atoms with Crippen molar-refractivity contribution in [3.8, 4) is 0 Å². The highest BCUT2D eigenvalue weighted by Crippen LogP contribution is 2.36. The molecule has 1 unspecified atom stereocenters. The first-order valence-electron chi connectivity index (χ1n) is 9.16. The van der Waals surface area contributed by atoms with Gasteiger partial charge in [-0.2, -0.15) is 18.3 Å². The van der Waals surface area contributed by atoms with Crippen molar-refractivity contribution in [2.24, 2.45) is 0 Å². The minimum atomic E-state index is -4.58. The van der Waals surface area contributed by atoms with Gasteiger partial charge in [0.1, 0.15) is 6.04 Å². The molecule has 1 aromatic carbocycles. The van der Waals surface area contributed by atoms with Crippen LogP contribution in [0.15, 0.2) is 28.7 Å². The Labute approximate surface area is 180 Å². The van der Waals surface area contributed by atoms with Crippen molar-refractivity contribution >= 4 is 33.4 Å². The molecule has 1 aliphatic rings. The van der Waals surface area contributed by atoms with Gasteiger partial charge in [-0.1, -0.05) is 29.8 Å². The van der Waals surface area contributed by atoms with Crippen molar-refractivity contribution in [1.82, 2.24) is 19.6 Å². The Kier molecular flexibility index (Phi) is 6.60. The zero-order valence-electron chi connectivity index (χ0n) is 16.0. The highest BCUT2D eigenvalue weighted by Gasteiger charge is 2.39. The maximum Gasteiger partial charge on any atom is 0.436 e. The Morgan fingerprint density at radius 2 is 1.86 bits per heavy atom. The molecule has 2 aromatic rings. The second-order valence-corrected chi connectivity index (χ2v) is 8.26. The lowest BCUT2D eigenvalue weighted by molar-refractivity contribution is -0.143. The Bertz CT molecular complexity index is 894. The third-order valence-corrected chi connectivity index (χ3v) is 6.42. The topological polar surface area (TPSA) is 41.4 Å². The second-order valence-electron chi connectivity index (χ2n) is 7.06. The number of hydrogen-bond donors (Lipinski definition) is 0. The Balaban J connectivity index is 1.64. The summed E-state index contributed by atoms with van der Waals surface area (Å²) in [5.41, 5.74) is 0.286. The van der Waals surface area contributed by atoms with E-state index in [1.807, 2.05) is 24.3 Å². The van der Waals surface area contributed by atoms with Crippen molar-refractivity contribution in [2.75, 3.05) is 26.2 Å². The third kappa shape index (κ3) is 4.78. The fourth-order valence-corrected chi connectivity index (χ4v) is 4.10. The van der Waals surface area contributed by atoms with E-state index in [1.165, 1.54) is 6.92 Å². The molecule has 1 amide bonds. The molecule has 2 heterocycles. The molecule has 1 fully saturated rings. The fraction of sp³-hybridized carbons (Fsp3) is 0.474. The number of carbonyl (C=O) groups excluding carboxylic acids is 1. The quantitative estimate of drug-likeness (QED) is 0.628. The first-order valence-corrected chi connectivity index (χ1v) is 10.3. The van der Waals surface area contributed by atoms with E-state index in [0.29, 0.717) is 37.7 Å². The largest absolute Gasteiger partial charge is 0.436 e. The number of alkyl halides is 3. The van der Waals surface area contributed by atoms with Gasteiger partial charge in [0.25, 0.3) is 0 Å². The Morgan fingerprint density at radius 1 is 1.24 bits per heavy atom. The van der Waals surface area contributed by atoms with Crippen LogP contribution in [-0.4, -0.2) is 51.7 Å². The smallest absolute Gasteiger partial charge is 0.338 e. The van der Waals surface area contributed by atoms with Gasteiger partial charge in [-0.05, 0) is 41.4 Å². The highest BCUT2D eigenvalue weighted by atomic mass is 79.9. The van der Waals surface area contributed by atoms with E-state index in [2.05, 4.69) is 25.9 Å². The lowest BCUT2D eigenvalue weighted by Gasteiger charge is -2.36. The molecule has 0 bridgehead atoms. The number of amides is 1. The first-order chi connectivity index (χ1) is 13.6. The predicted octanol–water partition coefficient (Wildman–Crippen LogP) is 4.53. The van der Waals surface area contributed by atoms with Crippen LogP contribution in [0.5, 0.6) is 0 Å². The number of benzene rings is 1. The molecule has 1 saturated heterocycles. The number of carbonyl (C=O) groups is 1. The maximum atomic E-state index is 13.1. The molecule has 0 spiro atoms. The molecule has 0 radical (unpaired) electrons. The molecule has 158 valence electrons. The van der Waals surface area contributed by atoms with Gasteiger partial charge >= 0.3 is 6.18 Å². The van der Waals surface area contributed by atoms with E-state index < -0.39 is 17.9 Å². The van der Waals surface area contributed by atoms with Crippen LogP contribution in [-0.2, 0) is 17.5 Å². The third-order valence-electron chi connectivity index (χ3n) is 5.11. The van der Waals surface area contributed by atoms with Crippen LogP contribution in [0.2, 0.25) is 5.02 Å². The Hall–Kier alpha value is -1.58. The summed E-state index contributed by atoms with van der Waals surface area (Å²) in [5, 5.41) is 4.36. The second kappa shape index (κ2) is 8.65. The van der Waals surface area contributed by atoms with Crippen molar-refractivity contribution in [1.29, 1.82) is 0 Å². The van der Waals surface area contributed by atoms with E-state index >= 15 is 0 Å². The summed E-state index contributed by atoms with van der Waals surface area (Å²) in [6, 6.07) is 6.81. The van der Waals surface area contributed by atoms with Gasteiger partial charge in [0.15, 0.2) is 5.69 Å². The summed E-state index contributed by atoms with van der Waals surface area (Å²) in [6.45, 7) is 6.11. The van der Waals surface area contributed by atoms with E-state index in [4.69, 9.17) is 11.6 Å². The number of rotatable bonds is 4. The maximum absolute atomic E-state index is 13.1. The number of hydrogen-bond acceptors (Lipinski definition) is 3. The first kappa shape index (κ1) is 22.1. The number of nitrogens with zero attached hydrogens (tertiary/aromatic N) is 4. The summed E-state index contributed by atoms with van der Waals surface area (Å²) in [4.78, 5) is 16.7. The normalized spacial score (nSPS) is 16.9. The number of piperazine rings is 1. The highest BCUT2D eigenvalue weighted by molar-refractivity contribution is 9.10. The van der Waals surface area contributed by atoms with Gasteiger partial charge in [0.2, 0.25) is 5.91 Å². The minimum Gasteiger partial charge on any atom is -0.338 e. The Morgan fingerprint density at radius 3 is 2.41 bits per heavy atom. The van der Waals surface area contributed by atoms with Crippen molar-refractivity contribution in [3.05, 3.63) is 50.7 Å². The number of aromatic nitrogens is 2. The molecule has 1 atom stereocenters. The lowest BCUT2D eigenvalue weighted by Crippen LogP contribution is -2.50. The van der Waals surface area contributed by atoms with Gasteiger partial charge in [0.05, 0.1) is 10.2 Å². The summed E-state index contributed by atoms with van der Waals surface area (Å²) in [7, 11) is 0. The molecular weight excluding hydrogens is 473 g/mol. The molecule has 5 nitrogen and oxygen atoms in total. The van der Waals surface area contributed by atoms with Gasteiger partial charge < -0.3 is 4.90 Å². The van der Waals surface area contributed by atoms with E-state index in [0.717, 1.165) is 10.2 Å². The van der Waals surface area contributed by atoms with E-state index in [9.17, 15) is 18.0 Å². The van der Waals surface area contributed by atoms with Crippen LogP contribution in [0, 0.1) is 6.92 Å². The molecule has 10 heteroatoms. The van der Waals surface area contributed by atoms with Crippen molar-refractivity contribution in [3.63, 3.8) is 0 Å². The summed E-state index contributed by atoms with van der Waals surface area (Å²) in [5.74, 6) is -0.241.